The molecule has 0 radical (unpaired) electrons. The number of benzene rings is 1. The van der Waals surface area contributed by atoms with Gasteiger partial charge in [-0.15, -0.1) is 0 Å². The summed E-state index contributed by atoms with van der Waals surface area (Å²) in [6.07, 6.45) is 0. The summed E-state index contributed by atoms with van der Waals surface area (Å²) in [7, 11) is 3.10. The molecule has 0 aromatic heterocycles. The number of rotatable bonds is 4. The zero-order chi connectivity index (χ0) is 18.1. The van der Waals surface area contributed by atoms with Crippen molar-refractivity contribution in [3.05, 3.63) is 43.7 Å². The molecule has 0 amide bonds. The maximum absolute atomic E-state index is 10.8. The van der Waals surface area contributed by atoms with Crippen LogP contribution in [0, 0.1) is 20.0 Å². The molecule has 0 bridgehead atoms. The Morgan fingerprint density at radius 3 is 1.95 bits per heavy atom. The predicted octanol–water partition coefficient (Wildman–Crippen LogP) is 1.18. The molecule has 0 saturated carbocycles. The van der Waals surface area contributed by atoms with Crippen molar-refractivity contribution in [2.24, 2.45) is 0 Å². The number of carbonyl (C=O) groups excluding carboxylic acids is 1. The molecular weight excluding hydrogens is 332 g/mol. The van der Waals surface area contributed by atoms with Crippen LogP contribution in [0.15, 0.2) is 18.2 Å². The SMILES string of the molecule is CO[C](=[Cr])c1ccc(OC(C)=O)cc1OC.[C-]#[O+].[C-]#[O+].[C-]#[O+]. The third-order valence-corrected chi connectivity index (χ3v) is 2.44. The van der Waals surface area contributed by atoms with Crippen LogP contribution in [0.4, 0.5) is 0 Å². The van der Waals surface area contributed by atoms with E-state index >= 15 is 0 Å². The van der Waals surface area contributed by atoms with Crippen molar-refractivity contribution in [3.8, 4) is 11.5 Å². The summed E-state index contributed by atoms with van der Waals surface area (Å²) in [5.41, 5.74) is 0.779. The van der Waals surface area contributed by atoms with Crippen LogP contribution in [0.25, 0.3) is 0 Å². The Bertz CT molecular complexity index is 517. The Labute approximate surface area is 136 Å². The van der Waals surface area contributed by atoms with Crippen LogP contribution in [-0.4, -0.2) is 24.8 Å². The second-order valence-corrected chi connectivity index (χ2v) is 3.53. The standard InChI is InChI=1S/C11H12O4.3CO.Cr/c1-8(12)15-10-5-4-9(7-13-2)11(6-10)14-3;3*1-2;/h4-6H,1-3H3;;;;. The van der Waals surface area contributed by atoms with Crippen LogP contribution in [0.5, 0.6) is 11.5 Å². The van der Waals surface area contributed by atoms with Gasteiger partial charge in [0.25, 0.3) is 0 Å². The van der Waals surface area contributed by atoms with Gasteiger partial charge in [0.15, 0.2) is 0 Å². The number of hydrogen-bond donors (Lipinski definition) is 0. The Balaban J connectivity index is -0.000000535. The van der Waals surface area contributed by atoms with Gasteiger partial charge in [0.2, 0.25) is 0 Å². The Morgan fingerprint density at radius 2 is 1.59 bits per heavy atom. The Kier molecular flexibility index (Phi) is 19.5. The first kappa shape index (κ1) is 25.1. The average Bonchev–Trinajstić information content (AvgIpc) is 2.59. The minimum absolute atomic E-state index is 0.367. The van der Waals surface area contributed by atoms with E-state index in [9.17, 15) is 4.79 Å². The van der Waals surface area contributed by atoms with Crippen LogP contribution in [-0.2, 0) is 39.3 Å². The van der Waals surface area contributed by atoms with Crippen molar-refractivity contribution in [2.45, 2.75) is 6.92 Å². The molecule has 0 aliphatic heterocycles. The van der Waals surface area contributed by atoms with E-state index < -0.39 is 0 Å². The van der Waals surface area contributed by atoms with Crippen molar-refractivity contribution in [3.63, 3.8) is 0 Å². The van der Waals surface area contributed by atoms with Crippen molar-refractivity contribution >= 4 is 10.5 Å². The van der Waals surface area contributed by atoms with Gasteiger partial charge < -0.3 is 0 Å². The minimum atomic E-state index is -0.367. The summed E-state index contributed by atoms with van der Waals surface area (Å²) in [5.74, 6) is 0.653. The van der Waals surface area contributed by atoms with E-state index in [1.165, 1.54) is 6.92 Å². The summed E-state index contributed by atoms with van der Waals surface area (Å²) in [4.78, 5) is 10.8. The fourth-order valence-corrected chi connectivity index (χ4v) is 1.44. The number of methoxy groups -OCH3 is 2. The molecule has 0 unspecified atom stereocenters. The molecule has 0 N–H and O–H groups in total. The van der Waals surface area contributed by atoms with Crippen LogP contribution >= 0.6 is 0 Å². The predicted molar refractivity (Wildman–Crippen MR) is 67.2 cm³/mol. The molecule has 0 fully saturated rings. The van der Waals surface area contributed by atoms with Crippen molar-refractivity contribution in [2.75, 3.05) is 14.2 Å². The summed E-state index contributed by atoms with van der Waals surface area (Å²) >= 11 is 2.78. The molecular formula is C14H12CrO7. The summed E-state index contributed by atoms with van der Waals surface area (Å²) < 4.78 is 38.3. The van der Waals surface area contributed by atoms with Gasteiger partial charge in [-0.2, -0.15) is 0 Å². The summed E-state index contributed by atoms with van der Waals surface area (Å²) in [6.45, 7) is 14.8. The quantitative estimate of drug-likeness (QED) is 0.354. The normalized spacial score (nSPS) is 7.32. The van der Waals surface area contributed by atoms with Crippen molar-refractivity contribution in [1.29, 1.82) is 0 Å². The Morgan fingerprint density at radius 1 is 1.09 bits per heavy atom. The first-order valence-corrected chi connectivity index (χ1v) is 5.78. The fraction of sp³-hybridized carbons (Fsp3) is 0.214. The van der Waals surface area contributed by atoms with Crippen LogP contribution < -0.4 is 9.47 Å². The second-order valence-electron chi connectivity index (χ2n) is 2.95. The van der Waals surface area contributed by atoms with Crippen LogP contribution in [0.3, 0.4) is 0 Å². The third-order valence-electron chi connectivity index (χ3n) is 1.84. The second kappa shape index (κ2) is 17.1. The topological polar surface area (TPSA) is 104 Å². The monoisotopic (exact) mass is 344 g/mol. The molecule has 1 aromatic carbocycles. The van der Waals surface area contributed by atoms with Gasteiger partial charge in [-0.05, 0) is 0 Å². The molecule has 0 spiro atoms. The van der Waals surface area contributed by atoms with Gasteiger partial charge >= 0.3 is 136 Å². The van der Waals surface area contributed by atoms with E-state index in [-0.39, 0.29) is 5.97 Å². The molecule has 8 heteroatoms. The number of esters is 1. The molecule has 1 rings (SSSR count). The molecule has 7 nitrogen and oxygen atoms in total. The van der Waals surface area contributed by atoms with E-state index in [2.05, 4.69) is 35.8 Å². The average molecular weight is 344 g/mol. The van der Waals surface area contributed by atoms with Crippen molar-refractivity contribution < 1.29 is 48.8 Å². The van der Waals surface area contributed by atoms with Gasteiger partial charge in [-0.3, -0.25) is 0 Å². The maximum atomic E-state index is 10.8. The van der Waals surface area contributed by atoms with E-state index in [1.54, 1.807) is 32.4 Å². The van der Waals surface area contributed by atoms with Crippen molar-refractivity contribution in [1.82, 2.24) is 0 Å². The van der Waals surface area contributed by atoms with E-state index in [1.807, 2.05) is 0 Å². The number of carbonyl (C=O) groups is 1. The van der Waals surface area contributed by atoms with Gasteiger partial charge in [-0.25, -0.2) is 0 Å². The summed E-state index contributed by atoms with van der Waals surface area (Å²) in [6, 6.07) is 5.06. The van der Waals surface area contributed by atoms with Crippen LogP contribution in [0.2, 0.25) is 0 Å². The summed E-state index contributed by atoms with van der Waals surface area (Å²) in [5, 5.41) is 0. The Hall–Kier alpha value is -1.93. The van der Waals surface area contributed by atoms with E-state index in [4.69, 9.17) is 28.2 Å². The number of hydrogen-bond acceptors (Lipinski definition) is 4. The van der Waals surface area contributed by atoms with Crippen LogP contribution in [0.1, 0.15) is 12.5 Å². The zero-order valence-electron chi connectivity index (χ0n) is 12.0. The van der Waals surface area contributed by atoms with E-state index in [0.29, 0.717) is 16.1 Å². The molecule has 0 aliphatic rings. The van der Waals surface area contributed by atoms with Gasteiger partial charge in [0.05, 0.1) is 0 Å². The number of ether oxygens (including phenoxy) is 3. The molecule has 0 heterocycles. The van der Waals surface area contributed by atoms with E-state index in [0.717, 1.165) is 5.56 Å². The molecule has 0 aliphatic carbocycles. The zero-order valence-corrected chi connectivity index (χ0v) is 13.3. The molecule has 0 atom stereocenters. The molecule has 116 valence electrons. The fourth-order valence-electron chi connectivity index (χ4n) is 1.18. The van der Waals surface area contributed by atoms with Gasteiger partial charge in [0, 0.05) is 0 Å². The first-order chi connectivity index (χ1) is 10.6. The van der Waals surface area contributed by atoms with Gasteiger partial charge in [-0.1, -0.05) is 0 Å². The third kappa shape index (κ3) is 9.90. The first-order valence-electron chi connectivity index (χ1n) is 5.14. The molecule has 22 heavy (non-hydrogen) atoms. The van der Waals surface area contributed by atoms with Gasteiger partial charge in [0.1, 0.15) is 0 Å². The molecule has 1 aromatic rings. The molecule has 0 saturated heterocycles.